The Bertz CT molecular complexity index is 562. The second-order valence-electron chi connectivity index (χ2n) is 3.38. The monoisotopic (exact) mass is 253 g/mol. The molecule has 88 valence electrons. The fourth-order valence-electron chi connectivity index (χ4n) is 1.34. The second kappa shape index (κ2) is 4.63. The molecule has 0 saturated heterocycles. The van der Waals surface area contributed by atoms with E-state index in [0.29, 0.717) is 17.0 Å². The lowest BCUT2D eigenvalue weighted by Crippen LogP contribution is -1.98. The number of nitrogens with zero attached hydrogens (tertiary/aromatic N) is 3. The van der Waals surface area contributed by atoms with E-state index in [1.165, 1.54) is 13.2 Å². The Balaban J connectivity index is 2.52. The Hall–Kier alpha value is -1.75. The third kappa shape index (κ3) is 2.50. The number of hydrogen-bond acceptors (Lipinski definition) is 4. The Morgan fingerprint density at radius 1 is 1.24 bits per heavy atom. The van der Waals surface area contributed by atoms with E-state index >= 15 is 0 Å². The van der Waals surface area contributed by atoms with Crippen LogP contribution in [0.25, 0.3) is 11.4 Å². The maximum absolute atomic E-state index is 13.1. The zero-order valence-electron chi connectivity index (χ0n) is 9.24. The van der Waals surface area contributed by atoms with E-state index in [-0.39, 0.29) is 17.1 Å². The lowest BCUT2D eigenvalue weighted by molar-refractivity contribution is 0.379. The van der Waals surface area contributed by atoms with Crippen molar-refractivity contribution in [1.82, 2.24) is 15.0 Å². The van der Waals surface area contributed by atoms with Gasteiger partial charge in [-0.2, -0.15) is 15.0 Å². The minimum atomic E-state index is -0.277. The number of halogens is 2. The van der Waals surface area contributed by atoms with Crippen LogP contribution in [0.15, 0.2) is 18.2 Å². The van der Waals surface area contributed by atoms with Gasteiger partial charge in [0.1, 0.15) is 5.82 Å². The van der Waals surface area contributed by atoms with E-state index in [4.69, 9.17) is 16.3 Å². The van der Waals surface area contributed by atoms with Crippen molar-refractivity contribution in [2.24, 2.45) is 0 Å². The van der Waals surface area contributed by atoms with Crippen molar-refractivity contribution >= 4 is 11.6 Å². The lowest BCUT2D eigenvalue weighted by Gasteiger charge is -2.04. The topological polar surface area (TPSA) is 47.9 Å². The standard InChI is InChI=1S/C11H9ClFN3O/c1-6-5-7(3-4-8(6)13)9-14-10(12)16-11(15-9)17-2/h3-5H,1-2H3. The Morgan fingerprint density at radius 2 is 2.00 bits per heavy atom. The lowest BCUT2D eigenvalue weighted by atomic mass is 10.1. The predicted molar refractivity (Wildman–Crippen MR) is 61.5 cm³/mol. The van der Waals surface area contributed by atoms with Crippen molar-refractivity contribution < 1.29 is 9.13 Å². The second-order valence-corrected chi connectivity index (χ2v) is 3.72. The van der Waals surface area contributed by atoms with E-state index in [1.54, 1.807) is 19.1 Å². The molecule has 0 atom stereocenters. The van der Waals surface area contributed by atoms with E-state index in [2.05, 4.69) is 15.0 Å². The van der Waals surface area contributed by atoms with Gasteiger partial charge in [-0.3, -0.25) is 0 Å². The minimum Gasteiger partial charge on any atom is -0.467 e. The number of aromatic nitrogens is 3. The number of aryl methyl sites for hydroxylation is 1. The molecule has 1 aromatic heterocycles. The number of methoxy groups -OCH3 is 1. The number of ether oxygens (including phenoxy) is 1. The van der Waals surface area contributed by atoms with Gasteiger partial charge < -0.3 is 4.74 Å². The largest absolute Gasteiger partial charge is 0.467 e. The molecule has 0 radical (unpaired) electrons. The van der Waals surface area contributed by atoms with Crippen LogP contribution in [0, 0.1) is 12.7 Å². The maximum atomic E-state index is 13.1. The molecule has 0 fully saturated rings. The summed E-state index contributed by atoms with van der Waals surface area (Å²) < 4.78 is 18.0. The highest BCUT2D eigenvalue weighted by Gasteiger charge is 2.08. The van der Waals surface area contributed by atoms with Gasteiger partial charge >= 0.3 is 6.01 Å². The van der Waals surface area contributed by atoms with E-state index in [9.17, 15) is 4.39 Å². The molecular formula is C11H9ClFN3O. The molecule has 2 rings (SSSR count). The first kappa shape index (κ1) is 11.7. The Labute approximate surface area is 102 Å². The van der Waals surface area contributed by atoms with E-state index in [0.717, 1.165) is 0 Å². The van der Waals surface area contributed by atoms with Gasteiger partial charge in [0.25, 0.3) is 0 Å². The maximum Gasteiger partial charge on any atom is 0.321 e. The molecule has 0 N–H and O–H groups in total. The summed E-state index contributed by atoms with van der Waals surface area (Å²) in [5.41, 5.74) is 1.17. The molecule has 0 spiro atoms. The van der Waals surface area contributed by atoms with Crippen molar-refractivity contribution in [3.8, 4) is 17.4 Å². The highest BCUT2D eigenvalue weighted by atomic mass is 35.5. The van der Waals surface area contributed by atoms with Gasteiger partial charge in [0.2, 0.25) is 5.28 Å². The van der Waals surface area contributed by atoms with E-state index < -0.39 is 0 Å². The van der Waals surface area contributed by atoms with Crippen molar-refractivity contribution in [2.45, 2.75) is 6.92 Å². The summed E-state index contributed by atoms with van der Waals surface area (Å²) >= 11 is 5.73. The number of benzene rings is 1. The number of rotatable bonds is 2. The van der Waals surface area contributed by atoms with Crippen molar-refractivity contribution in [1.29, 1.82) is 0 Å². The zero-order valence-corrected chi connectivity index (χ0v) is 9.99. The molecule has 6 heteroatoms. The van der Waals surface area contributed by atoms with Crippen LogP contribution in [-0.4, -0.2) is 22.1 Å². The molecule has 1 heterocycles. The summed E-state index contributed by atoms with van der Waals surface area (Å²) in [7, 11) is 1.44. The third-order valence-corrected chi connectivity index (χ3v) is 2.36. The molecule has 1 aromatic carbocycles. The average molecular weight is 254 g/mol. The Kier molecular flexibility index (Phi) is 3.19. The van der Waals surface area contributed by atoms with Gasteiger partial charge in [0, 0.05) is 5.56 Å². The highest BCUT2D eigenvalue weighted by molar-refractivity contribution is 6.28. The molecule has 0 amide bonds. The normalized spacial score (nSPS) is 10.4. The van der Waals surface area contributed by atoms with Crippen LogP contribution in [0.4, 0.5) is 4.39 Å². The SMILES string of the molecule is COc1nc(Cl)nc(-c2ccc(F)c(C)c2)n1. The van der Waals surface area contributed by atoms with Gasteiger partial charge in [-0.25, -0.2) is 4.39 Å². The first-order valence-corrected chi connectivity index (χ1v) is 5.20. The molecule has 0 aliphatic rings. The van der Waals surface area contributed by atoms with Gasteiger partial charge in [-0.15, -0.1) is 0 Å². The van der Waals surface area contributed by atoms with Crippen molar-refractivity contribution in [2.75, 3.05) is 7.11 Å². The average Bonchev–Trinajstić information content (AvgIpc) is 2.32. The first-order valence-electron chi connectivity index (χ1n) is 4.82. The van der Waals surface area contributed by atoms with Crippen LogP contribution in [0.1, 0.15) is 5.56 Å². The smallest absolute Gasteiger partial charge is 0.321 e. The minimum absolute atomic E-state index is 0.0360. The van der Waals surface area contributed by atoms with E-state index in [1.807, 2.05) is 0 Å². The van der Waals surface area contributed by atoms with Gasteiger partial charge in [0.15, 0.2) is 5.82 Å². The summed E-state index contributed by atoms with van der Waals surface area (Å²) in [6, 6.07) is 4.70. The van der Waals surface area contributed by atoms with Crippen LogP contribution in [0.2, 0.25) is 5.28 Å². The fraction of sp³-hybridized carbons (Fsp3) is 0.182. The molecule has 0 bridgehead atoms. The van der Waals surface area contributed by atoms with Crippen molar-refractivity contribution in [3.05, 3.63) is 34.9 Å². The fourth-order valence-corrected chi connectivity index (χ4v) is 1.49. The summed E-state index contributed by atoms with van der Waals surface area (Å²) in [6.07, 6.45) is 0. The van der Waals surface area contributed by atoms with Crippen LogP contribution in [0.3, 0.4) is 0 Å². The van der Waals surface area contributed by atoms with Crippen LogP contribution >= 0.6 is 11.6 Å². The van der Waals surface area contributed by atoms with Crippen molar-refractivity contribution in [3.63, 3.8) is 0 Å². The molecular weight excluding hydrogens is 245 g/mol. The van der Waals surface area contributed by atoms with Crippen LogP contribution in [0.5, 0.6) is 6.01 Å². The molecule has 17 heavy (non-hydrogen) atoms. The molecule has 0 unspecified atom stereocenters. The quantitative estimate of drug-likeness (QED) is 0.826. The third-order valence-electron chi connectivity index (χ3n) is 2.19. The van der Waals surface area contributed by atoms with Gasteiger partial charge in [-0.05, 0) is 42.3 Å². The predicted octanol–water partition coefficient (Wildman–Crippen LogP) is 2.65. The molecule has 0 saturated carbocycles. The molecule has 0 aliphatic carbocycles. The summed E-state index contributed by atoms with van der Waals surface area (Å²) in [4.78, 5) is 11.8. The zero-order chi connectivity index (χ0) is 12.4. The number of hydrogen-bond donors (Lipinski definition) is 0. The molecule has 0 aliphatic heterocycles. The van der Waals surface area contributed by atoms with Crippen LogP contribution in [-0.2, 0) is 0 Å². The van der Waals surface area contributed by atoms with Gasteiger partial charge in [0.05, 0.1) is 7.11 Å². The summed E-state index contributed by atoms with van der Waals surface area (Å²) in [5.74, 6) is 0.0748. The van der Waals surface area contributed by atoms with Crippen LogP contribution < -0.4 is 4.74 Å². The summed E-state index contributed by atoms with van der Waals surface area (Å²) in [6.45, 7) is 1.67. The highest BCUT2D eigenvalue weighted by Crippen LogP contribution is 2.21. The molecule has 4 nitrogen and oxygen atoms in total. The first-order chi connectivity index (χ1) is 8.10. The van der Waals surface area contributed by atoms with Gasteiger partial charge in [-0.1, -0.05) is 0 Å². The Morgan fingerprint density at radius 3 is 2.65 bits per heavy atom. The molecule has 2 aromatic rings. The summed E-state index contributed by atoms with van der Waals surface area (Å²) in [5, 5.41) is 0.0360.